The first-order valence-electron chi connectivity index (χ1n) is 7.77. The minimum Gasteiger partial charge on any atom is -0.497 e. The van der Waals surface area contributed by atoms with Crippen LogP contribution < -0.4 is 9.47 Å². The molecule has 0 spiro atoms. The SMILES string of the molecule is COc1cccc(OCCCN2CCC=C(c3nn[nH]n3)C2)c1. The molecule has 7 nitrogen and oxygen atoms in total. The van der Waals surface area contributed by atoms with E-state index in [0.717, 1.165) is 49.5 Å². The molecule has 1 aliphatic rings. The van der Waals surface area contributed by atoms with Crippen LogP contribution in [-0.4, -0.2) is 58.9 Å². The van der Waals surface area contributed by atoms with E-state index < -0.39 is 0 Å². The van der Waals surface area contributed by atoms with E-state index in [1.165, 1.54) is 0 Å². The molecule has 1 aromatic carbocycles. The lowest BCUT2D eigenvalue weighted by Gasteiger charge is -2.25. The van der Waals surface area contributed by atoms with Crippen LogP contribution in [0.4, 0.5) is 0 Å². The number of aromatic nitrogens is 4. The van der Waals surface area contributed by atoms with Crippen LogP contribution >= 0.6 is 0 Å². The maximum absolute atomic E-state index is 5.78. The van der Waals surface area contributed by atoms with Crippen molar-refractivity contribution in [1.29, 1.82) is 0 Å². The Balaban J connectivity index is 1.42. The molecule has 0 fully saturated rings. The van der Waals surface area contributed by atoms with Crippen LogP contribution in [0.15, 0.2) is 30.3 Å². The van der Waals surface area contributed by atoms with E-state index >= 15 is 0 Å². The van der Waals surface area contributed by atoms with Gasteiger partial charge in [0.25, 0.3) is 0 Å². The highest BCUT2D eigenvalue weighted by molar-refractivity contribution is 5.61. The number of rotatable bonds is 7. The van der Waals surface area contributed by atoms with Gasteiger partial charge in [0.05, 0.1) is 13.7 Å². The van der Waals surface area contributed by atoms with Gasteiger partial charge in [-0.3, -0.25) is 4.90 Å². The van der Waals surface area contributed by atoms with Gasteiger partial charge in [-0.1, -0.05) is 12.1 Å². The molecule has 0 atom stereocenters. The van der Waals surface area contributed by atoms with Crippen molar-refractivity contribution in [2.75, 3.05) is 33.4 Å². The van der Waals surface area contributed by atoms with Crippen molar-refractivity contribution in [3.05, 3.63) is 36.2 Å². The standard InChI is InChI=1S/C16H21N5O2/c1-22-14-6-2-7-15(11-14)23-10-4-9-21-8-3-5-13(12-21)16-17-19-20-18-16/h2,5-7,11H,3-4,8-10,12H2,1H3,(H,17,18,19,20). The van der Waals surface area contributed by atoms with Gasteiger partial charge >= 0.3 is 0 Å². The Bertz CT molecular complexity index is 642. The molecule has 0 amide bonds. The fourth-order valence-electron chi connectivity index (χ4n) is 2.63. The summed E-state index contributed by atoms with van der Waals surface area (Å²) < 4.78 is 11.0. The summed E-state index contributed by atoms with van der Waals surface area (Å²) in [5, 5.41) is 14.2. The molecule has 0 bridgehead atoms. The third-order valence-electron chi connectivity index (χ3n) is 3.79. The summed E-state index contributed by atoms with van der Waals surface area (Å²) in [5.41, 5.74) is 1.14. The largest absolute Gasteiger partial charge is 0.497 e. The van der Waals surface area contributed by atoms with Gasteiger partial charge in [-0.2, -0.15) is 5.21 Å². The molecular weight excluding hydrogens is 294 g/mol. The first-order valence-corrected chi connectivity index (χ1v) is 7.77. The zero-order valence-electron chi connectivity index (χ0n) is 13.2. The highest BCUT2D eigenvalue weighted by atomic mass is 16.5. The summed E-state index contributed by atoms with van der Waals surface area (Å²) >= 11 is 0. The molecule has 1 N–H and O–H groups in total. The Morgan fingerprint density at radius 1 is 1.30 bits per heavy atom. The Labute approximate surface area is 135 Å². The third kappa shape index (κ3) is 4.29. The number of nitrogens with one attached hydrogen (secondary N) is 1. The highest BCUT2D eigenvalue weighted by Gasteiger charge is 2.16. The third-order valence-corrected chi connectivity index (χ3v) is 3.79. The smallest absolute Gasteiger partial charge is 0.201 e. The second kappa shape index (κ2) is 7.73. The number of hydrogen-bond donors (Lipinski definition) is 1. The van der Waals surface area contributed by atoms with Crippen LogP contribution in [0.1, 0.15) is 18.7 Å². The Hall–Kier alpha value is -2.41. The Kier molecular flexibility index (Phi) is 5.21. The van der Waals surface area contributed by atoms with Crippen molar-refractivity contribution < 1.29 is 9.47 Å². The van der Waals surface area contributed by atoms with E-state index in [4.69, 9.17) is 9.47 Å². The predicted octanol–water partition coefficient (Wildman–Crippen LogP) is 1.77. The van der Waals surface area contributed by atoms with E-state index in [-0.39, 0.29) is 0 Å². The summed E-state index contributed by atoms with van der Waals surface area (Å²) in [6.45, 7) is 3.59. The fraction of sp³-hybridized carbons (Fsp3) is 0.438. The molecule has 0 saturated heterocycles. The lowest BCUT2D eigenvalue weighted by atomic mass is 10.1. The monoisotopic (exact) mass is 315 g/mol. The fourth-order valence-corrected chi connectivity index (χ4v) is 2.63. The number of tetrazole rings is 1. The van der Waals surface area contributed by atoms with Crippen LogP contribution in [-0.2, 0) is 0 Å². The zero-order chi connectivity index (χ0) is 15.9. The topological polar surface area (TPSA) is 76.2 Å². The van der Waals surface area contributed by atoms with Crippen LogP contribution in [0.5, 0.6) is 11.5 Å². The lowest BCUT2D eigenvalue weighted by molar-refractivity contribution is 0.249. The Morgan fingerprint density at radius 3 is 3.04 bits per heavy atom. The normalized spacial score (nSPS) is 15.3. The molecule has 2 aromatic rings. The molecule has 0 unspecified atom stereocenters. The average molecular weight is 315 g/mol. The number of aromatic amines is 1. The minimum absolute atomic E-state index is 0.685. The zero-order valence-corrected chi connectivity index (χ0v) is 13.2. The average Bonchev–Trinajstić information content (AvgIpc) is 3.14. The van der Waals surface area contributed by atoms with Crippen LogP contribution in [0, 0.1) is 0 Å². The lowest BCUT2D eigenvalue weighted by Crippen LogP contribution is -2.31. The van der Waals surface area contributed by atoms with Gasteiger partial charge in [-0.25, -0.2) is 0 Å². The summed E-state index contributed by atoms with van der Waals surface area (Å²) in [4.78, 5) is 2.39. The summed E-state index contributed by atoms with van der Waals surface area (Å²) in [6, 6.07) is 7.69. The molecule has 0 radical (unpaired) electrons. The van der Waals surface area contributed by atoms with Gasteiger partial charge in [0.15, 0.2) is 0 Å². The first-order chi connectivity index (χ1) is 11.3. The maximum Gasteiger partial charge on any atom is 0.201 e. The quantitative estimate of drug-likeness (QED) is 0.785. The van der Waals surface area contributed by atoms with Crippen LogP contribution in [0.3, 0.4) is 0 Å². The highest BCUT2D eigenvalue weighted by Crippen LogP contribution is 2.19. The molecule has 23 heavy (non-hydrogen) atoms. The number of hydrogen-bond acceptors (Lipinski definition) is 6. The molecule has 0 aliphatic carbocycles. The maximum atomic E-state index is 5.78. The van der Waals surface area contributed by atoms with Gasteiger partial charge in [0, 0.05) is 31.3 Å². The van der Waals surface area contributed by atoms with E-state index in [1.54, 1.807) is 7.11 Å². The molecule has 7 heteroatoms. The van der Waals surface area contributed by atoms with Gasteiger partial charge < -0.3 is 9.47 Å². The van der Waals surface area contributed by atoms with Crippen molar-refractivity contribution >= 4 is 5.57 Å². The second-order valence-corrected chi connectivity index (χ2v) is 5.41. The van der Waals surface area contributed by atoms with Crippen molar-refractivity contribution in [2.24, 2.45) is 0 Å². The van der Waals surface area contributed by atoms with E-state index in [1.807, 2.05) is 24.3 Å². The minimum atomic E-state index is 0.685. The van der Waals surface area contributed by atoms with Gasteiger partial charge in [-0.15, -0.1) is 10.2 Å². The molecule has 1 aliphatic heterocycles. The molecular formula is C16H21N5O2. The molecule has 3 rings (SSSR count). The van der Waals surface area contributed by atoms with Crippen molar-refractivity contribution in [1.82, 2.24) is 25.5 Å². The van der Waals surface area contributed by atoms with Gasteiger partial charge in [-0.05, 0) is 30.2 Å². The summed E-state index contributed by atoms with van der Waals surface area (Å²) in [7, 11) is 1.66. The van der Waals surface area contributed by atoms with E-state index in [9.17, 15) is 0 Å². The number of nitrogens with zero attached hydrogens (tertiary/aromatic N) is 4. The van der Waals surface area contributed by atoms with Crippen molar-refractivity contribution in [2.45, 2.75) is 12.8 Å². The summed E-state index contributed by atoms with van der Waals surface area (Å²) in [5.74, 6) is 2.35. The van der Waals surface area contributed by atoms with E-state index in [2.05, 4.69) is 31.6 Å². The Morgan fingerprint density at radius 2 is 2.22 bits per heavy atom. The first kappa shape index (κ1) is 15.5. The van der Waals surface area contributed by atoms with Crippen LogP contribution in [0.2, 0.25) is 0 Å². The number of ether oxygens (including phenoxy) is 2. The van der Waals surface area contributed by atoms with Gasteiger partial charge in [0.1, 0.15) is 11.5 Å². The van der Waals surface area contributed by atoms with Gasteiger partial charge in [0.2, 0.25) is 5.82 Å². The number of H-pyrrole nitrogens is 1. The molecule has 122 valence electrons. The predicted molar refractivity (Wildman–Crippen MR) is 86.3 cm³/mol. The molecule has 1 aromatic heterocycles. The molecule has 0 saturated carbocycles. The number of methoxy groups -OCH3 is 1. The van der Waals surface area contributed by atoms with Crippen molar-refractivity contribution in [3.8, 4) is 11.5 Å². The molecule has 2 heterocycles. The van der Waals surface area contributed by atoms with Crippen LogP contribution in [0.25, 0.3) is 5.57 Å². The second-order valence-electron chi connectivity index (χ2n) is 5.41. The van der Waals surface area contributed by atoms with Crippen molar-refractivity contribution in [3.63, 3.8) is 0 Å². The number of benzene rings is 1. The van der Waals surface area contributed by atoms with E-state index in [0.29, 0.717) is 12.4 Å². The summed E-state index contributed by atoms with van der Waals surface area (Å²) in [6.07, 6.45) is 4.17.